The minimum atomic E-state index is 0.722. The number of fused-ring (bicyclic) bond motifs is 1. The van der Waals surface area contributed by atoms with Gasteiger partial charge in [-0.2, -0.15) is 0 Å². The van der Waals surface area contributed by atoms with Crippen molar-refractivity contribution in [2.45, 2.75) is 26.8 Å². The third-order valence-corrected chi connectivity index (χ3v) is 4.79. The normalized spacial score (nSPS) is 11.8. The SMILES string of the molecule is CCNC(=NCc1cccs1)NCCc1c[nH]c2cc(C)ccc12. The van der Waals surface area contributed by atoms with Crippen molar-refractivity contribution in [1.29, 1.82) is 0 Å². The summed E-state index contributed by atoms with van der Waals surface area (Å²) in [5, 5.41) is 10.1. The van der Waals surface area contributed by atoms with Gasteiger partial charge in [-0.3, -0.25) is 0 Å². The number of nitrogens with zero attached hydrogens (tertiary/aromatic N) is 1. The molecule has 2 heterocycles. The molecule has 0 atom stereocenters. The molecule has 4 nitrogen and oxygen atoms in total. The number of hydrogen-bond donors (Lipinski definition) is 3. The van der Waals surface area contributed by atoms with Crippen LogP contribution in [0.15, 0.2) is 46.9 Å². The van der Waals surface area contributed by atoms with Crippen LogP contribution in [0.5, 0.6) is 0 Å². The van der Waals surface area contributed by atoms with Crippen molar-refractivity contribution in [1.82, 2.24) is 15.6 Å². The molecule has 0 radical (unpaired) electrons. The van der Waals surface area contributed by atoms with Gasteiger partial charge in [-0.1, -0.05) is 18.2 Å². The van der Waals surface area contributed by atoms with Crippen LogP contribution in [-0.4, -0.2) is 24.0 Å². The number of nitrogens with one attached hydrogen (secondary N) is 3. The summed E-state index contributed by atoms with van der Waals surface area (Å²) in [4.78, 5) is 9.29. The second-order valence-corrected chi connectivity index (χ2v) is 6.85. The highest BCUT2D eigenvalue weighted by Gasteiger charge is 2.04. The summed E-state index contributed by atoms with van der Waals surface area (Å²) >= 11 is 1.74. The Hall–Kier alpha value is -2.27. The molecule has 0 saturated carbocycles. The molecule has 2 aromatic heterocycles. The second-order valence-electron chi connectivity index (χ2n) is 5.81. The van der Waals surface area contributed by atoms with Gasteiger partial charge in [-0.15, -0.1) is 11.3 Å². The van der Waals surface area contributed by atoms with Crippen LogP contribution in [0.4, 0.5) is 0 Å². The third kappa shape index (κ3) is 4.17. The van der Waals surface area contributed by atoms with Gasteiger partial charge < -0.3 is 15.6 Å². The number of aromatic nitrogens is 1. The van der Waals surface area contributed by atoms with Gasteiger partial charge in [0, 0.05) is 35.1 Å². The molecule has 5 heteroatoms. The monoisotopic (exact) mass is 340 g/mol. The Balaban J connectivity index is 1.59. The van der Waals surface area contributed by atoms with Gasteiger partial charge in [0.2, 0.25) is 0 Å². The maximum Gasteiger partial charge on any atom is 0.191 e. The fraction of sp³-hybridized carbons (Fsp3) is 0.316. The number of aliphatic imine (C=N–C) groups is 1. The van der Waals surface area contributed by atoms with Crippen molar-refractivity contribution in [3.8, 4) is 0 Å². The zero-order valence-electron chi connectivity index (χ0n) is 14.2. The molecule has 3 aromatic rings. The van der Waals surface area contributed by atoms with Crippen LogP contribution < -0.4 is 10.6 Å². The first-order valence-corrected chi connectivity index (χ1v) is 9.25. The lowest BCUT2D eigenvalue weighted by atomic mass is 10.1. The quantitative estimate of drug-likeness (QED) is 0.472. The third-order valence-electron chi connectivity index (χ3n) is 3.93. The second kappa shape index (κ2) is 8.02. The van der Waals surface area contributed by atoms with Gasteiger partial charge >= 0.3 is 0 Å². The van der Waals surface area contributed by atoms with E-state index < -0.39 is 0 Å². The number of thiophene rings is 1. The molecule has 0 aliphatic rings. The van der Waals surface area contributed by atoms with Crippen LogP contribution in [0.25, 0.3) is 10.9 Å². The van der Waals surface area contributed by atoms with E-state index in [-0.39, 0.29) is 0 Å². The number of rotatable bonds is 6. The maximum absolute atomic E-state index is 4.65. The molecule has 0 unspecified atom stereocenters. The van der Waals surface area contributed by atoms with Crippen LogP contribution in [0.1, 0.15) is 22.9 Å². The molecular formula is C19H24N4S. The summed E-state index contributed by atoms with van der Waals surface area (Å²) in [6.07, 6.45) is 3.08. The van der Waals surface area contributed by atoms with E-state index in [0.29, 0.717) is 0 Å². The molecule has 0 aliphatic heterocycles. The van der Waals surface area contributed by atoms with Crippen molar-refractivity contribution in [3.63, 3.8) is 0 Å². The lowest BCUT2D eigenvalue weighted by Gasteiger charge is -2.10. The predicted molar refractivity (Wildman–Crippen MR) is 104 cm³/mol. The summed E-state index contributed by atoms with van der Waals surface area (Å²) in [7, 11) is 0. The minimum absolute atomic E-state index is 0.722. The average Bonchev–Trinajstić information content (AvgIpc) is 3.22. The first kappa shape index (κ1) is 16.6. The van der Waals surface area contributed by atoms with Crippen molar-refractivity contribution in [2.24, 2.45) is 4.99 Å². The van der Waals surface area contributed by atoms with Gasteiger partial charge in [0.25, 0.3) is 0 Å². The van der Waals surface area contributed by atoms with Gasteiger partial charge in [0.15, 0.2) is 5.96 Å². The number of guanidine groups is 1. The van der Waals surface area contributed by atoms with Crippen LogP contribution >= 0.6 is 11.3 Å². The molecule has 0 fully saturated rings. The molecule has 3 rings (SSSR count). The Morgan fingerprint density at radius 3 is 2.96 bits per heavy atom. The summed E-state index contributed by atoms with van der Waals surface area (Å²) in [5.74, 6) is 0.876. The van der Waals surface area contributed by atoms with Crippen molar-refractivity contribution >= 4 is 28.2 Å². The van der Waals surface area contributed by atoms with E-state index in [9.17, 15) is 0 Å². The zero-order chi connectivity index (χ0) is 16.8. The van der Waals surface area contributed by atoms with Crippen LogP contribution in [-0.2, 0) is 13.0 Å². The standard InChI is InChI=1S/C19H24N4S/c1-3-20-19(23-13-16-5-4-10-24-16)21-9-8-15-12-22-18-11-14(2)6-7-17(15)18/h4-7,10-12,22H,3,8-9,13H2,1-2H3,(H2,20,21,23). The molecule has 1 aromatic carbocycles. The molecule has 0 bridgehead atoms. The maximum atomic E-state index is 4.65. The average molecular weight is 340 g/mol. The van der Waals surface area contributed by atoms with Gasteiger partial charge in [-0.05, 0) is 48.9 Å². The highest BCUT2D eigenvalue weighted by molar-refractivity contribution is 7.09. The van der Waals surface area contributed by atoms with Crippen LogP contribution in [0.3, 0.4) is 0 Å². The number of hydrogen-bond acceptors (Lipinski definition) is 2. The van der Waals surface area contributed by atoms with E-state index >= 15 is 0 Å². The van der Waals surface area contributed by atoms with Crippen molar-refractivity contribution in [2.75, 3.05) is 13.1 Å². The number of benzene rings is 1. The Kier molecular flexibility index (Phi) is 5.54. The van der Waals surface area contributed by atoms with Crippen LogP contribution in [0, 0.1) is 6.92 Å². The summed E-state index contributed by atoms with van der Waals surface area (Å²) in [6.45, 7) is 6.65. The van der Waals surface area contributed by atoms with Gasteiger partial charge in [0.05, 0.1) is 6.54 Å². The summed E-state index contributed by atoms with van der Waals surface area (Å²) in [5.41, 5.74) is 3.83. The molecule has 24 heavy (non-hydrogen) atoms. The zero-order valence-corrected chi connectivity index (χ0v) is 15.0. The highest BCUT2D eigenvalue weighted by atomic mass is 32.1. The summed E-state index contributed by atoms with van der Waals surface area (Å²) < 4.78 is 0. The van der Waals surface area contributed by atoms with E-state index in [1.807, 2.05) is 0 Å². The van der Waals surface area contributed by atoms with E-state index in [2.05, 4.69) is 76.4 Å². The lowest BCUT2D eigenvalue weighted by Crippen LogP contribution is -2.38. The first-order chi connectivity index (χ1) is 11.8. The smallest absolute Gasteiger partial charge is 0.191 e. The Morgan fingerprint density at radius 2 is 2.17 bits per heavy atom. The minimum Gasteiger partial charge on any atom is -0.361 e. The molecule has 0 spiro atoms. The molecule has 3 N–H and O–H groups in total. The summed E-state index contributed by atoms with van der Waals surface area (Å²) in [6, 6.07) is 10.7. The fourth-order valence-corrected chi connectivity index (χ4v) is 3.35. The predicted octanol–water partition coefficient (Wildman–Crippen LogP) is 3.84. The van der Waals surface area contributed by atoms with Gasteiger partial charge in [0.1, 0.15) is 0 Å². The van der Waals surface area contributed by atoms with E-state index in [4.69, 9.17) is 0 Å². The molecule has 126 valence electrons. The molecule has 0 saturated heterocycles. The Morgan fingerprint density at radius 1 is 1.25 bits per heavy atom. The van der Waals surface area contributed by atoms with E-state index in [0.717, 1.165) is 32.0 Å². The molecule has 0 amide bonds. The Labute approximate surface area is 147 Å². The largest absolute Gasteiger partial charge is 0.361 e. The van der Waals surface area contributed by atoms with Crippen molar-refractivity contribution < 1.29 is 0 Å². The first-order valence-electron chi connectivity index (χ1n) is 8.37. The number of H-pyrrole nitrogens is 1. The van der Waals surface area contributed by atoms with E-state index in [1.165, 1.54) is 26.9 Å². The van der Waals surface area contributed by atoms with Crippen molar-refractivity contribution in [3.05, 3.63) is 57.9 Å². The highest BCUT2D eigenvalue weighted by Crippen LogP contribution is 2.19. The lowest BCUT2D eigenvalue weighted by molar-refractivity contribution is 0.803. The Bertz CT molecular complexity index is 802. The van der Waals surface area contributed by atoms with Crippen LogP contribution in [0.2, 0.25) is 0 Å². The molecular weight excluding hydrogens is 316 g/mol. The topological polar surface area (TPSA) is 52.2 Å². The van der Waals surface area contributed by atoms with E-state index in [1.54, 1.807) is 11.3 Å². The van der Waals surface area contributed by atoms with Gasteiger partial charge in [-0.25, -0.2) is 4.99 Å². The molecule has 0 aliphatic carbocycles. The number of aromatic amines is 1. The fourth-order valence-electron chi connectivity index (χ4n) is 2.72. The number of aryl methyl sites for hydroxylation is 1.